The molecular formula is C11H14ClN3O3S. The molecule has 0 aliphatic heterocycles. The van der Waals surface area contributed by atoms with E-state index in [0.29, 0.717) is 12.1 Å². The molecule has 0 aliphatic rings. The highest BCUT2D eigenvalue weighted by molar-refractivity contribution is 7.98. The van der Waals surface area contributed by atoms with E-state index in [1.54, 1.807) is 11.8 Å². The summed E-state index contributed by atoms with van der Waals surface area (Å²) in [7, 11) is 0. The number of nitrogens with zero attached hydrogens (tertiary/aromatic N) is 1. The minimum atomic E-state index is -0.626. The minimum absolute atomic E-state index is 0.111. The molecule has 1 rings (SSSR count). The van der Waals surface area contributed by atoms with Crippen molar-refractivity contribution in [1.29, 1.82) is 0 Å². The molecule has 104 valence electrons. The third-order valence-electron chi connectivity index (χ3n) is 2.39. The summed E-state index contributed by atoms with van der Waals surface area (Å²) in [6.07, 6.45) is 2.48. The van der Waals surface area contributed by atoms with Gasteiger partial charge in [-0.2, -0.15) is 11.8 Å². The normalized spacial score (nSPS) is 11.9. The van der Waals surface area contributed by atoms with Crippen LogP contribution in [0.25, 0.3) is 0 Å². The third-order valence-corrected chi connectivity index (χ3v) is 3.35. The lowest BCUT2D eigenvalue weighted by molar-refractivity contribution is -0.384. The molecule has 6 nitrogen and oxygen atoms in total. The predicted octanol–water partition coefficient (Wildman–Crippen LogP) is 2.27. The van der Waals surface area contributed by atoms with Gasteiger partial charge in [0.05, 0.1) is 21.7 Å². The number of thioether (sulfide) groups is 1. The van der Waals surface area contributed by atoms with Crippen molar-refractivity contribution in [3.05, 3.63) is 33.3 Å². The van der Waals surface area contributed by atoms with Gasteiger partial charge < -0.3 is 11.1 Å². The minimum Gasteiger partial charge on any atom is -0.323 e. The van der Waals surface area contributed by atoms with Gasteiger partial charge in [-0.3, -0.25) is 14.9 Å². The van der Waals surface area contributed by atoms with Crippen LogP contribution in [0.1, 0.15) is 6.42 Å². The smallest absolute Gasteiger partial charge is 0.271 e. The highest BCUT2D eigenvalue weighted by atomic mass is 35.5. The van der Waals surface area contributed by atoms with Gasteiger partial charge in [-0.05, 0) is 24.5 Å². The van der Waals surface area contributed by atoms with Crippen LogP contribution in [-0.4, -0.2) is 28.9 Å². The molecule has 0 heterocycles. The van der Waals surface area contributed by atoms with Crippen molar-refractivity contribution in [3.63, 3.8) is 0 Å². The lowest BCUT2D eigenvalue weighted by atomic mass is 10.2. The van der Waals surface area contributed by atoms with E-state index >= 15 is 0 Å². The zero-order valence-electron chi connectivity index (χ0n) is 10.3. The van der Waals surface area contributed by atoms with Crippen molar-refractivity contribution in [1.82, 2.24) is 0 Å². The molecular weight excluding hydrogens is 290 g/mol. The molecule has 0 unspecified atom stereocenters. The van der Waals surface area contributed by atoms with Gasteiger partial charge >= 0.3 is 0 Å². The Balaban J connectivity index is 2.72. The maximum atomic E-state index is 11.8. The molecule has 0 bridgehead atoms. The molecule has 3 N–H and O–H groups in total. The van der Waals surface area contributed by atoms with Crippen LogP contribution in [0.4, 0.5) is 11.4 Å². The molecule has 0 fully saturated rings. The standard InChI is InChI=1S/C11H14ClN3O3S/c1-19-5-4-9(13)11(16)14-10-3-2-7(15(17)18)6-8(10)12/h2-3,6,9H,4-5,13H2,1H3,(H,14,16)/t9-/m0/s1. The summed E-state index contributed by atoms with van der Waals surface area (Å²) in [5.74, 6) is 0.424. The van der Waals surface area contributed by atoms with Gasteiger partial charge in [0.1, 0.15) is 0 Å². The first-order valence-electron chi connectivity index (χ1n) is 5.45. The van der Waals surface area contributed by atoms with Gasteiger partial charge in [-0.15, -0.1) is 0 Å². The second kappa shape index (κ2) is 7.32. The number of nitrogens with one attached hydrogen (secondary N) is 1. The Morgan fingerprint density at radius 1 is 1.63 bits per heavy atom. The van der Waals surface area contributed by atoms with E-state index in [4.69, 9.17) is 17.3 Å². The quantitative estimate of drug-likeness (QED) is 0.620. The predicted molar refractivity (Wildman–Crippen MR) is 77.7 cm³/mol. The number of nitro groups is 1. The van der Waals surface area contributed by atoms with Crippen molar-refractivity contribution in [2.24, 2.45) is 5.73 Å². The molecule has 8 heteroatoms. The van der Waals surface area contributed by atoms with Crippen LogP contribution < -0.4 is 11.1 Å². The van der Waals surface area contributed by atoms with Crippen LogP contribution in [-0.2, 0) is 4.79 Å². The first-order chi connectivity index (χ1) is 8.95. The highest BCUT2D eigenvalue weighted by Gasteiger charge is 2.16. The van der Waals surface area contributed by atoms with E-state index in [-0.39, 0.29) is 16.6 Å². The fourth-order valence-electron chi connectivity index (χ4n) is 1.32. The van der Waals surface area contributed by atoms with Crippen molar-refractivity contribution in [2.75, 3.05) is 17.3 Å². The molecule has 0 aliphatic carbocycles. The fourth-order valence-corrected chi connectivity index (χ4v) is 2.03. The van der Waals surface area contributed by atoms with E-state index in [1.165, 1.54) is 18.2 Å². The maximum absolute atomic E-state index is 11.8. The summed E-state index contributed by atoms with van der Waals surface area (Å²) >= 11 is 7.46. The summed E-state index contributed by atoms with van der Waals surface area (Å²) in [5.41, 5.74) is 5.89. The number of nitrogens with two attached hydrogens (primary N) is 1. The fraction of sp³-hybridized carbons (Fsp3) is 0.364. The number of hydrogen-bond acceptors (Lipinski definition) is 5. The van der Waals surface area contributed by atoms with Crippen LogP contribution >= 0.6 is 23.4 Å². The van der Waals surface area contributed by atoms with Gasteiger partial charge in [0, 0.05) is 12.1 Å². The molecule has 0 radical (unpaired) electrons. The van der Waals surface area contributed by atoms with Crippen molar-refractivity contribution in [2.45, 2.75) is 12.5 Å². The number of nitro benzene ring substituents is 1. The van der Waals surface area contributed by atoms with E-state index in [9.17, 15) is 14.9 Å². The number of benzene rings is 1. The Morgan fingerprint density at radius 3 is 2.84 bits per heavy atom. The maximum Gasteiger partial charge on any atom is 0.271 e. The van der Waals surface area contributed by atoms with Crippen LogP contribution in [0.15, 0.2) is 18.2 Å². The summed E-state index contributed by atoms with van der Waals surface area (Å²) in [6, 6.07) is 3.22. The average Bonchev–Trinajstić information content (AvgIpc) is 2.37. The van der Waals surface area contributed by atoms with Crippen LogP contribution in [0.3, 0.4) is 0 Å². The zero-order valence-corrected chi connectivity index (χ0v) is 11.8. The number of non-ortho nitro benzene ring substituents is 1. The molecule has 19 heavy (non-hydrogen) atoms. The monoisotopic (exact) mass is 303 g/mol. The van der Waals surface area contributed by atoms with Gasteiger partial charge in [-0.1, -0.05) is 11.6 Å². The summed E-state index contributed by atoms with van der Waals surface area (Å²) in [4.78, 5) is 21.7. The third kappa shape index (κ3) is 4.70. The van der Waals surface area contributed by atoms with Crippen molar-refractivity contribution < 1.29 is 9.72 Å². The van der Waals surface area contributed by atoms with Gasteiger partial charge in [0.2, 0.25) is 5.91 Å². The van der Waals surface area contributed by atoms with E-state index < -0.39 is 11.0 Å². The van der Waals surface area contributed by atoms with Gasteiger partial charge in [-0.25, -0.2) is 0 Å². The first-order valence-corrected chi connectivity index (χ1v) is 7.22. The number of halogens is 1. The Bertz CT molecular complexity index is 484. The summed E-state index contributed by atoms with van der Waals surface area (Å²) < 4.78 is 0. The van der Waals surface area contributed by atoms with Gasteiger partial charge in [0.25, 0.3) is 5.69 Å². The summed E-state index contributed by atoms with van der Waals surface area (Å²) in [5, 5.41) is 13.2. The summed E-state index contributed by atoms with van der Waals surface area (Å²) in [6.45, 7) is 0. The lowest BCUT2D eigenvalue weighted by Crippen LogP contribution is -2.36. The topological polar surface area (TPSA) is 98.3 Å². The lowest BCUT2D eigenvalue weighted by Gasteiger charge is -2.12. The molecule has 1 atom stereocenters. The first kappa shape index (κ1) is 15.7. The van der Waals surface area contributed by atoms with Gasteiger partial charge in [0.15, 0.2) is 0 Å². The SMILES string of the molecule is CSCC[C@H](N)C(=O)Nc1ccc([N+](=O)[O-])cc1Cl. The van der Waals surface area contributed by atoms with Crippen LogP contribution in [0, 0.1) is 10.1 Å². The van der Waals surface area contributed by atoms with Crippen LogP contribution in [0.5, 0.6) is 0 Å². The molecule has 1 aromatic rings. The number of carbonyl (C=O) groups is 1. The second-order valence-electron chi connectivity index (χ2n) is 3.80. The second-order valence-corrected chi connectivity index (χ2v) is 5.19. The Kier molecular flexibility index (Phi) is 6.07. The average molecular weight is 304 g/mol. The van der Waals surface area contributed by atoms with E-state index in [2.05, 4.69) is 5.32 Å². The Hall–Kier alpha value is -1.31. The Labute approximate surface area is 119 Å². The number of rotatable bonds is 6. The highest BCUT2D eigenvalue weighted by Crippen LogP contribution is 2.26. The number of hydrogen-bond donors (Lipinski definition) is 2. The number of carbonyl (C=O) groups excluding carboxylic acids is 1. The number of anilines is 1. The molecule has 0 spiro atoms. The molecule has 0 saturated heterocycles. The molecule has 0 saturated carbocycles. The molecule has 1 amide bonds. The van der Waals surface area contributed by atoms with E-state index in [0.717, 1.165) is 5.75 Å². The molecule has 1 aromatic carbocycles. The van der Waals surface area contributed by atoms with E-state index in [1.807, 2.05) is 6.26 Å². The van der Waals surface area contributed by atoms with Crippen molar-refractivity contribution >= 4 is 40.6 Å². The molecule has 0 aromatic heterocycles. The van der Waals surface area contributed by atoms with Crippen LogP contribution in [0.2, 0.25) is 5.02 Å². The number of amides is 1. The largest absolute Gasteiger partial charge is 0.323 e. The van der Waals surface area contributed by atoms with Crippen molar-refractivity contribution in [3.8, 4) is 0 Å². The zero-order chi connectivity index (χ0) is 14.4. The Morgan fingerprint density at radius 2 is 2.32 bits per heavy atom.